The van der Waals surface area contributed by atoms with Gasteiger partial charge in [0.25, 0.3) is 5.91 Å². The first-order chi connectivity index (χ1) is 8.63. The molecule has 0 aliphatic carbocycles. The second kappa shape index (κ2) is 5.05. The number of carbonyl (C=O) groups is 1. The summed E-state index contributed by atoms with van der Waals surface area (Å²) >= 11 is 1.43. The maximum Gasteiger partial charge on any atom is 0.269 e. The lowest BCUT2D eigenvalue weighted by atomic mass is 10.4. The predicted molar refractivity (Wildman–Crippen MR) is 69.0 cm³/mol. The zero-order chi connectivity index (χ0) is 13.1. The number of thioether (sulfide) groups is 1. The van der Waals surface area contributed by atoms with Crippen LogP contribution in [0.4, 0.5) is 5.82 Å². The van der Waals surface area contributed by atoms with Gasteiger partial charge in [0.15, 0.2) is 11.0 Å². The minimum absolute atomic E-state index is 0.199. The fraction of sp³-hybridized carbons (Fsp3) is 0.200. The van der Waals surface area contributed by atoms with E-state index in [0.29, 0.717) is 16.8 Å². The Morgan fingerprint density at radius 1 is 1.50 bits per heavy atom. The Morgan fingerprint density at radius 2 is 2.28 bits per heavy atom. The third-order valence-corrected chi connectivity index (χ3v) is 2.75. The Hall–Kier alpha value is -2.09. The lowest BCUT2D eigenvalue weighted by molar-refractivity contribution is 0.0995. The van der Waals surface area contributed by atoms with Gasteiger partial charge in [0, 0.05) is 19.3 Å². The minimum Gasteiger partial charge on any atom is -0.373 e. The van der Waals surface area contributed by atoms with Crippen LogP contribution in [0.1, 0.15) is 10.5 Å². The molecule has 0 aliphatic heterocycles. The van der Waals surface area contributed by atoms with E-state index in [1.54, 1.807) is 25.4 Å². The number of anilines is 1. The van der Waals surface area contributed by atoms with Gasteiger partial charge < -0.3 is 11.1 Å². The van der Waals surface area contributed by atoms with E-state index in [4.69, 9.17) is 5.73 Å². The smallest absolute Gasteiger partial charge is 0.269 e. The van der Waals surface area contributed by atoms with Gasteiger partial charge in [-0.15, -0.1) is 0 Å². The van der Waals surface area contributed by atoms with E-state index in [1.165, 1.54) is 16.4 Å². The largest absolute Gasteiger partial charge is 0.373 e. The van der Waals surface area contributed by atoms with Crippen LogP contribution < -0.4 is 11.1 Å². The van der Waals surface area contributed by atoms with Gasteiger partial charge in [0.2, 0.25) is 0 Å². The molecule has 0 radical (unpaired) electrons. The molecule has 0 saturated heterocycles. The van der Waals surface area contributed by atoms with Crippen molar-refractivity contribution in [2.75, 3.05) is 18.6 Å². The van der Waals surface area contributed by atoms with Gasteiger partial charge in [0.05, 0.1) is 0 Å². The number of carbonyl (C=O) groups excluding carboxylic acids is 1. The van der Waals surface area contributed by atoms with Crippen LogP contribution in [0.3, 0.4) is 0 Å². The van der Waals surface area contributed by atoms with Crippen LogP contribution in [0.5, 0.6) is 0 Å². The van der Waals surface area contributed by atoms with Crippen LogP contribution in [0.2, 0.25) is 0 Å². The highest BCUT2D eigenvalue weighted by atomic mass is 32.2. The number of nitrogens with zero attached hydrogens (tertiary/aromatic N) is 4. The van der Waals surface area contributed by atoms with Gasteiger partial charge >= 0.3 is 0 Å². The first kappa shape index (κ1) is 12.4. The van der Waals surface area contributed by atoms with E-state index < -0.39 is 5.91 Å². The first-order valence-corrected chi connectivity index (χ1v) is 6.33. The molecule has 0 bridgehead atoms. The highest BCUT2D eigenvalue weighted by Crippen LogP contribution is 2.16. The van der Waals surface area contributed by atoms with Crippen molar-refractivity contribution in [2.45, 2.75) is 5.16 Å². The topological polar surface area (TPSA) is 98.7 Å². The maximum atomic E-state index is 11.0. The average molecular weight is 264 g/mol. The summed E-state index contributed by atoms with van der Waals surface area (Å²) in [5, 5.41) is 7.61. The Morgan fingerprint density at radius 3 is 2.83 bits per heavy atom. The molecule has 3 N–H and O–H groups in total. The summed E-state index contributed by atoms with van der Waals surface area (Å²) in [4.78, 5) is 19.5. The SMILES string of the molecule is CNc1cc(-n2ccc(C(N)=O)n2)nc(SC)n1. The van der Waals surface area contributed by atoms with Crippen molar-refractivity contribution < 1.29 is 4.79 Å². The van der Waals surface area contributed by atoms with Crippen LogP contribution >= 0.6 is 11.8 Å². The molecule has 18 heavy (non-hydrogen) atoms. The summed E-state index contributed by atoms with van der Waals surface area (Å²) in [5.41, 5.74) is 5.35. The lowest BCUT2D eigenvalue weighted by Gasteiger charge is -2.05. The van der Waals surface area contributed by atoms with Crippen molar-refractivity contribution in [2.24, 2.45) is 5.73 Å². The van der Waals surface area contributed by atoms with E-state index >= 15 is 0 Å². The zero-order valence-electron chi connectivity index (χ0n) is 9.91. The lowest BCUT2D eigenvalue weighted by Crippen LogP contribution is -2.12. The Balaban J connectivity index is 2.45. The molecule has 0 atom stereocenters. The van der Waals surface area contributed by atoms with E-state index in [-0.39, 0.29) is 5.69 Å². The van der Waals surface area contributed by atoms with Crippen LogP contribution in [-0.2, 0) is 0 Å². The van der Waals surface area contributed by atoms with E-state index in [2.05, 4.69) is 20.4 Å². The Labute approximate surface area is 108 Å². The first-order valence-electron chi connectivity index (χ1n) is 5.10. The molecule has 94 valence electrons. The molecule has 2 aromatic heterocycles. The number of rotatable bonds is 4. The average Bonchev–Trinajstić information content (AvgIpc) is 2.87. The molecule has 1 amide bonds. The summed E-state index contributed by atoms with van der Waals surface area (Å²) < 4.78 is 1.49. The Bertz CT molecular complexity index is 559. The van der Waals surface area contributed by atoms with E-state index in [0.717, 1.165) is 0 Å². The maximum absolute atomic E-state index is 11.0. The van der Waals surface area contributed by atoms with Gasteiger partial charge in [-0.05, 0) is 12.3 Å². The van der Waals surface area contributed by atoms with Gasteiger partial charge in [-0.2, -0.15) is 5.10 Å². The van der Waals surface area contributed by atoms with Crippen molar-refractivity contribution in [3.05, 3.63) is 24.0 Å². The van der Waals surface area contributed by atoms with Crippen molar-refractivity contribution in [3.63, 3.8) is 0 Å². The number of aromatic nitrogens is 4. The van der Waals surface area contributed by atoms with E-state index in [9.17, 15) is 4.79 Å². The summed E-state index contributed by atoms with van der Waals surface area (Å²) in [5.74, 6) is 0.688. The fourth-order valence-corrected chi connectivity index (χ4v) is 1.71. The predicted octanol–water partition coefficient (Wildman–Crippen LogP) is 0.525. The van der Waals surface area contributed by atoms with Gasteiger partial charge in [-0.25, -0.2) is 14.6 Å². The fourth-order valence-electron chi connectivity index (χ4n) is 1.33. The van der Waals surface area contributed by atoms with Crippen LogP contribution in [0, 0.1) is 0 Å². The van der Waals surface area contributed by atoms with Gasteiger partial charge in [-0.1, -0.05) is 11.8 Å². The highest BCUT2D eigenvalue weighted by Gasteiger charge is 2.09. The van der Waals surface area contributed by atoms with Crippen molar-refractivity contribution in [1.82, 2.24) is 19.7 Å². The van der Waals surface area contributed by atoms with Gasteiger partial charge in [0.1, 0.15) is 11.5 Å². The highest BCUT2D eigenvalue weighted by molar-refractivity contribution is 7.98. The van der Waals surface area contributed by atoms with Crippen LogP contribution in [0.15, 0.2) is 23.5 Å². The number of nitrogens with two attached hydrogens (primary N) is 1. The molecule has 0 saturated carbocycles. The Kier molecular flexibility index (Phi) is 3.47. The summed E-state index contributed by atoms with van der Waals surface area (Å²) in [6, 6.07) is 3.28. The quantitative estimate of drug-likeness (QED) is 0.617. The molecule has 7 nitrogen and oxygen atoms in total. The normalized spacial score (nSPS) is 10.3. The molecule has 0 aliphatic rings. The number of nitrogens with one attached hydrogen (secondary N) is 1. The molecule has 2 aromatic rings. The van der Waals surface area contributed by atoms with Crippen LogP contribution in [0.25, 0.3) is 5.82 Å². The van der Waals surface area contributed by atoms with Crippen LogP contribution in [-0.4, -0.2) is 39.0 Å². The standard InChI is InChI=1S/C10H12N6OS/c1-12-7-5-8(14-10(13-7)18-2)16-4-3-6(15-16)9(11)17/h3-5H,1-2H3,(H2,11,17)(H,12,13,14). The van der Waals surface area contributed by atoms with Crippen molar-refractivity contribution >= 4 is 23.5 Å². The van der Waals surface area contributed by atoms with Crippen molar-refractivity contribution in [1.29, 1.82) is 0 Å². The number of hydrogen-bond acceptors (Lipinski definition) is 6. The summed E-state index contributed by atoms with van der Waals surface area (Å²) in [7, 11) is 1.77. The number of amides is 1. The molecule has 0 aromatic carbocycles. The molecule has 0 fully saturated rings. The molecular formula is C10H12N6OS. The third kappa shape index (κ3) is 2.43. The van der Waals surface area contributed by atoms with Crippen molar-refractivity contribution in [3.8, 4) is 5.82 Å². The zero-order valence-corrected chi connectivity index (χ0v) is 10.7. The van der Waals surface area contributed by atoms with Gasteiger partial charge in [-0.3, -0.25) is 4.79 Å². The second-order valence-electron chi connectivity index (χ2n) is 3.36. The second-order valence-corrected chi connectivity index (χ2v) is 4.13. The summed E-state index contributed by atoms with van der Waals surface area (Å²) in [6.45, 7) is 0. The summed E-state index contributed by atoms with van der Waals surface area (Å²) in [6.07, 6.45) is 3.52. The molecule has 0 spiro atoms. The number of hydrogen-bond donors (Lipinski definition) is 2. The molecule has 2 rings (SSSR count). The molecular weight excluding hydrogens is 252 g/mol. The minimum atomic E-state index is -0.568. The molecule has 8 heteroatoms. The number of primary amides is 1. The van der Waals surface area contributed by atoms with E-state index in [1.807, 2.05) is 6.26 Å². The monoisotopic (exact) mass is 264 g/mol. The molecule has 0 unspecified atom stereocenters. The molecule has 2 heterocycles. The third-order valence-electron chi connectivity index (χ3n) is 2.21.